The first kappa shape index (κ1) is 31.2. The van der Waals surface area contributed by atoms with Crippen LogP contribution in [0.25, 0.3) is 11.1 Å². The molecule has 0 saturated carbocycles. The highest BCUT2D eigenvalue weighted by Crippen LogP contribution is 2.56. The van der Waals surface area contributed by atoms with Crippen molar-refractivity contribution in [3.8, 4) is 11.1 Å². The summed E-state index contributed by atoms with van der Waals surface area (Å²) in [6, 6.07) is 36.5. The zero-order valence-corrected chi connectivity index (χ0v) is 26.5. The molecule has 2 heteroatoms. The molecule has 1 aliphatic carbocycles. The molecule has 0 fully saturated rings. The Morgan fingerprint density at radius 1 is 0.465 bits per heavy atom. The molecule has 4 aromatic carbocycles. The molecule has 226 valence electrons. The molecule has 0 radical (unpaired) electrons. The van der Waals surface area contributed by atoms with Crippen molar-refractivity contribution >= 4 is 0 Å². The molecule has 0 heterocycles. The molecule has 2 atom stereocenters. The summed E-state index contributed by atoms with van der Waals surface area (Å²) in [7, 11) is 0. The van der Waals surface area contributed by atoms with Crippen LogP contribution in [0.1, 0.15) is 136 Å². The summed E-state index contributed by atoms with van der Waals surface area (Å²) in [4.78, 5) is 0. The van der Waals surface area contributed by atoms with Gasteiger partial charge in [-0.25, -0.2) is 0 Å². The monoisotopic (exact) mass is 572 g/mol. The van der Waals surface area contributed by atoms with Crippen LogP contribution < -0.4 is 11.5 Å². The Kier molecular flexibility index (Phi) is 10.9. The lowest BCUT2D eigenvalue weighted by molar-refractivity contribution is 0.555. The topological polar surface area (TPSA) is 52.0 Å². The van der Waals surface area contributed by atoms with Gasteiger partial charge in [-0.2, -0.15) is 0 Å². The van der Waals surface area contributed by atoms with E-state index in [2.05, 4.69) is 111 Å². The fourth-order valence-corrected chi connectivity index (χ4v) is 7.25. The minimum Gasteiger partial charge on any atom is -0.324 e. The van der Waals surface area contributed by atoms with E-state index in [1.165, 1.54) is 109 Å². The Bertz CT molecular complexity index is 1310. The van der Waals surface area contributed by atoms with Gasteiger partial charge in [0.05, 0.1) is 5.41 Å². The second-order valence-electron chi connectivity index (χ2n) is 12.7. The summed E-state index contributed by atoms with van der Waals surface area (Å²) in [6.45, 7) is 4.53. The van der Waals surface area contributed by atoms with Crippen LogP contribution in [-0.2, 0) is 5.41 Å². The summed E-state index contributed by atoms with van der Waals surface area (Å²) in [5, 5.41) is 0. The van der Waals surface area contributed by atoms with Gasteiger partial charge in [-0.1, -0.05) is 175 Å². The SMILES string of the molecule is CCCCCCCC(N)c1ccc(C2(c3ccc(C(N)CCCCCCC)cc3)c3ccccc3-c3ccccc32)cc1. The van der Waals surface area contributed by atoms with Gasteiger partial charge in [-0.3, -0.25) is 0 Å². The van der Waals surface area contributed by atoms with Gasteiger partial charge in [0.1, 0.15) is 0 Å². The maximum absolute atomic E-state index is 6.70. The lowest BCUT2D eigenvalue weighted by atomic mass is 9.67. The number of fused-ring (bicyclic) bond motifs is 3. The van der Waals surface area contributed by atoms with E-state index in [9.17, 15) is 0 Å². The highest BCUT2D eigenvalue weighted by atomic mass is 14.6. The summed E-state index contributed by atoms with van der Waals surface area (Å²) in [6.07, 6.45) is 14.8. The van der Waals surface area contributed by atoms with E-state index < -0.39 is 5.41 Å². The zero-order valence-electron chi connectivity index (χ0n) is 26.5. The Labute approximate surface area is 260 Å². The molecule has 4 aromatic rings. The van der Waals surface area contributed by atoms with Gasteiger partial charge in [0.25, 0.3) is 0 Å². The average Bonchev–Trinajstić information content (AvgIpc) is 3.36. The third-order valence-corrected chi connectivity index (χ3v) is 9.73. The molecule has 2 unspecified atom stereocenters. The van der Waals surface area contributed by atoms with Crippen molar-refractivity contribution < 1.29 is 0 Å². The first-order valence-electron chi connectivity index (χ1n) is 17.0. The summed E-state index contributed by atoms with van der Waals surface area (Å²) < 4.78 is 0. The van der Waals surface area contributed by atoms with Gasteiger partial charge < -0.3 is 11.5 Å². The van der Waals surface area contributed by atoms with E-state index in [1.54, 1.807) is 0 Å². The van der Waals surface area contributed by atoms with Gasteiger partial charge in [0.2, 0.25) is 0 Å². The highest BCUT2D eigenvalue weighted by molar-refractivity contribution is 5.86. The minimum absolute atomic E-state index is 0.0810. The van der Waals surface area contributed by atoms with E-state index in [4.69, 9.17) is 11.5 Å². The molecule has 43 heavy (non-hydrogen) atoms. The molecule has 0 aromatic heterocycles. The van der Waals surface area contributed by atoms with Crippen molar-refractivity contribution in [1.29, 1.82) is 0 Å². The van der Waals surface area contributed by atoms with Crippen LogP contribution >= 0.6 is 0 Å². The van der Waals surface area contributed by atoms with Crippen LogP contribution in [0.3, 0.4) is 0 Å². The van der Waals surface area contributed by atoms with Gasteiger partial charge in [0, 0.05) is 12.1 Å². The van der Waals surface area contributed by atoms with Crippen molar-refractivity contribution in [3.63, 3.8) is 0 Å². The molecule has 0 bridgehead atoms. The van der Waals surface area contributed by atoms with Crippen LogP contribution in [-0.4, -0.2) is 0 Å². The number of rotatable bonds is 16. The van der Waals surface area contributed by atoms with E-state index in [-0.39, 0.29) is 12.1 Å². The molecule has 5 rings (SSSR count). The van der Waals surface area contributed by atoms with E-state index in [1.807, 2.05) is 0 Å². The number of hydrogen-bond acceptors (Lipinski definition) is 2. The summed E-state index contributed by atoms with van der Waals surface area (Å²) in [5.41, 5.74) is 23.4. The van der Waals surface area contributed by atoms with E-state index >= 15 is 0 Å². The molecular formula is C41H52N2. The van der Waals surface area contributed by atoms with Crippen molar-refractivity contribution in [1.82, 2.24) is 0 Å². The van der Waals surface area contributed by atoms with Crippen molar-refractivity contribution in [2.24, 2.45) is 11.5 Å². The lowest BCUT2D eigenvalue weighted by Crippen LogP contribution is -2.28. The molecule has 0 amide bonds. The quantitative estimate of drug-likeness (QED) is 0.116. The number of nitrogens with two attached hydrogens (primary N) is 2. The zero-order chi connectivity index (χ0) is 30.1. The molecular weight excluding hydrogens is 520 g/mol. The Morgan fingerprint density at radius 3 is 1.23 bits per heavy atom. The van der Waals surface area contributed by atoms with E-state index in [0.717, 1.165) is 12.8 Å². The second kappa shape index (κ2) is 15.0. The predicted molar refractivity (Wildman–Crippen MR) is 184 cm³/mol. The molecule has 0 aliphatic heterocycles. The van der Waals surface area contributed by atoms with Crippen molar-refractivity contribution in [2.75, 3.05) is 0 Å². The van der Waals surface area contributed by atoms with Crippen LogP contribution in [0.2, 0.25) is 0 Å². The molecule has 2 nitrogen and oxygen atoms in total. The van der Waals surface area contributed by atoms with Crippen LogP contribution in [0, 0.1) is 0 Å². The van der Waals surface area contributed by atoms with Gasteiger partial charge in [-0.05, 0) is 57.3 Å². The molecule has 4 N–H and O–H groups in total. The van der Waals surface area contributed by atoms with E-state index in [0.29, 0.717) is 0 Å². The minimum atomic E-state index is -0.390. The summed E-state index contributed by atoms with van der Waals surface area (Å²) in [5.74, 6) is 0. The standard InChI is InChI=1S/C41H52N2/c1-3-5-7-9-11-21-39(42)31-23-27-33(28-24-31)41(37-19-15-13-17-35(37)36-18-14-16-20-38(36)41)34-29-25-32(26-30-34)40(43)22-12-10-8-6-4-2/h13-20,23-30,39-40H,3-12,21-22,42-43H2,1-2H3. The Hall–Kier alpha value is -3.20. The fourth-order valence-electron chi connectivity index (χ4n) is 7.25. The third kappa shape index (κ3) is 6.66. The summed E-state index contributed by atoms with van der Waals surface area (Å²) >= 11 is 0. The van der Waals surface area contributed by atoms with Gasteiger partial charge >= 0.3 is 0 Å². The van der Waals surface area contributed by atoms with Crippen molar-refractivity contribution in [2.45, 2.75) is 108 Å². The van der Waals surface area contributed by atoms with Gasteiger partial charge in [0.15, 0.2) is 0 Å². The number of unbranched alkanes of at least 4 members (excludes halogenated alkanes) is 8. The van der Waals surface area contributed by atoms with Crippen molar-refractivity contribution in [3.05, 3.63) is 130 Å². The maximum atomic E-state index is 6.70. The molecule has 0 spiro atoms. The maximum Gasteiger partial charge on any atom is 0.0713 e. The molecule has 0 saturated heterocycles. The van der Waals surface area contributed by atoms with Crippen LogP contribution in [0.4, 0.5) is 0 Å². The predicted octanol–water partition coefficient (Wildman–Crippen LogP) is 10.8. The fraction of sp³-hybridized carbons (Fsp3) is 0.415. The van der Waals surface area contributed by atoms with Crippen LogP contribution in [0.5, 0.6) is 0 Å². The van der Waals surface area contributed by atoms with Gasteiger partial charge in [-0.15, -0.1) is 0 Å². The second-order valence-corrected chi connectivity index (χ2v) is 12.7. The Morgan fingerprint density at radius 2 is 0.837 bits per heavy atom. The smallest absolute Gasteiger partial charge is 0.0713 e. The average molecular weight is 573 g/mol. The number of benzene rings is 4. The number of hydrogen-bond donors (Lipinski definition) is 2. The largest absolute Gasteiger partial charge is 0.324 e. The van der Waals surface area contributed by atoms with Crippen LogP contribution in [0.15, 0.2) is 97.1 Å². The third-order valence-electron chi connectivity index (χ3n) is 9.73. The Balaban J connectivity index is 1.48. The first-order chi connectivity index (χ1) is 21.1. The normalized spacial score (nSPS) is 14.7. The first-order valence-corrected chi connectivity index (χ1v) is 17.0. The lowest BCUT2D eigenvalue weighted by Gasteiger charge is -2.34. The highest BCUT2D eigenvalue weighted by Gasteiger charge is 2.45. The molecule has 1 aliphatic rings.